The lowest BCUT2D eigenvalue weighted by Gasteiger charge is -2.22. The van der Waals surface area contributed by atoms with E-state index in [4.69, 9.17) is 15.2 Å². The molecule has 4 rings (SSSR count). The van der Waals surface area contributed by atoms with Crippen molar-refractivity contribution in [3.8, 4) is 0 Å². The van der Waals surface area contributed by atoms with Crippen LogP contribution in [-0.4, -0.2) is 55.3 Å². The Morgan fingerprint density at radius 3 is 2.73 bits per heavy atom. The number of benzene rings is 2. The fourth-order valence-corrected chi connectivity index (χ4v) is 4.20. The number of ether oxygens (including phenoxy) is 2. The van der Waals surface area contributed by atoms with Gasteiger partial charge in [-0.1, -0.05) is 42.5 Å². The fourth-order valence-electron chi connectivity index (χ4n) is 4.20. The average Bonchev–Trinajstić information content (AvgIpc) is 3.02. The smallest absolute Gasteiger partial charge is 0.404 e. The van der Waals surface area contributed by atoms with Gasteiger partial charge >= 0.3 is 6.09 Å². The minimum Gasteiger partial charge on any atom is -0.450 e. The molecule has 0 spiro atoms. The molecule has 0 radical (unpaired) electrons. The molecule has 1 unspecified atom stereocenters. The second-order valence-corrected chi connectivity index (χ2v) is 8.68. The van der Waals surface area contributed by atoms with Gasteiger partial charge in [0, 0.05) is 45.0 Å². The summed E-state index contributed by atoms with van der Waals surface area (Å²) in [4.78, 5) is 37.1. The summed E-state index contributed by atoms with van der Waals surface area (Å²) in [5.74, 6) is 0.968. The Bertz CT molecular complexity index is 1220. The molecule has 3 aromatic rings. The predicted octanol–water partition coefficient (Wildman–Crippen LogP) is 3.75. The van der Waals surface area contributed by atoms with Crippen molar-refractivity contribution in [2.75, 3.05) is 48.4 Å². The van der Waals surface area contributed by atoms with E-state index in [1.165, 1.54) is 0 Å². The zero-order chi connectivity index (χ0) is 26.2. The molecule has 0 saturated heterocycles. The molecule has 3 N–H and O–H groups in total. The van der Waals surface area contributed by atoms with Gasteiger partial charge < -0.3 is 30.3 Å². The summed E-state index contributed by atoms with van der Waals surface area (Å²) in [5.41, 5.74) is 8.23. The number of nitrogens with one attached hydrogen (secondary N) is 1. The summed E-state index contributed by atoms with van der Waals surface area (Å²) in [6.45, 7) is 4.26. The van der Waals surface area contributed by atoms with E-state index in [0.717, 1.165) is 16.8 Å². The molecule has 0 bridgehead atoms. The summed E-state index contributed by atoms with van der Waals surface area (Å²) in [6, 6.07) is 17.5. The van der Waals surface area contributed by atoms with Crippen molar-refractivity contribution in [2.24, 2.45) is 5.73 Å². The van der Waals surface area contributed by atoms with Crippen LogP contribution < -0.4 is 20.9 Å². The lowest BCUT2D eigenvalue weighted by Crippen LogP contribution is -2.33. The molecular formula is C27H32N6O4. The van der Waals surface area contributed by atoms with E-state index in [1.54, 1.807) is 11.1 Å². The van der Waals surface area contributed by atoms with E-state index in [0.29, 0.717) is 50.0 Å². The van der Waals surface area contributed by atoms with Gasteiger partial charge in [0.05, 0.1) is 19.3 Å². The molecule has 1 aromatic heterocycles. The van der Waals surface area contributed by atoms with Crippen molar-refractivity contribution >= 4 is 29.5 Å². The van der Waals surface area contributed by atoms with Crippen molar-refractivity contribution in [3.63, 3.8) is 0 Å². The molecule has 2 amide bonds. The molecule has 1 aliphatic heterocycles. The van der Waals surface area contributed by atoms with E-state index < -0.39 is 6.09 Å². The number of amides is 2. The number of rotatable bonds is 10. The van der Waals surface area contributed by atoms with Crippen LogP contribution in [0.4, 0.5) is 22.2 Å². The molecule has 2 aromatic carbocycles. The van der Waals surface area contributed by atoms with Crippen LogP contribution in [0.1, 0.15) is 40.9 Å². The first-order chi connectivity index (χ1) is 18.0. The Morgan fingerprint density at radius 1 is 1.16 bits per heavy atom. The summed E-state index contributed by atoms with van der Waals surface area (Å²) in [7, 11) is 1.92. The Balaban J connectivity index is 1.50. The normalized spacial score (nSPS) is 14.1. The average molecular weight is 505 g/mol. The van der Waals surface area contributed by atoms with Crippen LogP contribution in [0.3, 0.4) is 0 Å². The molecular weight excluding hydrogens is 472 g/mol. The van der Waals surface area contributed by atoms with Crippen LogP contribution in [0.15, 0.2) is 60.8 Å². The lowest BCUT2D eigenvalue weighted by atomic mass is 10.1. The van der Waals surface area contributed by atoms with Gasteiger partial charge in [-0.25, -0.2) is 9.78 Å². The molecule has 1 atom stereocenters. The lowest BCUT2D eigenvalue weighted by molar-refractivity contribution is 0.0205. The quantitative estimate of drug-likeness (QED) is 0.428. The van der Waals surface area contributed by atoms with Gasteiger partial charge in [0.1, 0.15) is 11.4 Å². The van der Waals surface area contributed by atoms with Gasteiger partial charge in [0.25, 0.3) is 5.91 Å². The molecule has 194 valence electrons. The highest BCUT2D eigenvalue weighted by atomic mass is 16.5. The van der Waals surface area contributed by atoms with Crippen LogP contribution in [0, 0.1) is 0 Å². The maximum atomic E-state index is 13.5. The minimum atomic E-state index is -0.808. The molecule has 1 aliphatic rings. The first-order valence-corrected chi connectivity index (χ1v) is 12.3. The summed E-state index contributed by atoms with van der Waals surface area (Å²) < 4.78 is 11.2. The minimum absolute atomic E-state index is 0.147. The number of carbonyl (C=O) groups is 2. The van der Waals surface area contributed by atoms with E-state index in [1.807, 2.05) is 73.5 Å². The van der Waals surface area contributed by atoms with E-state index in [9.17, 15) is 9.59 Å². The van der Waals surface area contributed by atoms with Crippen molar-refractivity contribution in [3.05, 3.63) is 77.5 Å². The monoisotopic (exact) mass is 504 g/mol. The SMILES string of the molecule is CCNc1ncc2c(n1)N(C)CCN(c1cccc(COC(CCOC(N)=O)c3ccccc3)c1)C2=O. The number of likely N-dealkylation sites (N-methyl/N-ethyl adjacent to an activating group) is 1. The zero-order valence-electron chi connectivity index (χ0n) is 21.1. The van der Waals surface area contributed by atoms with Gasteiger partial charge in [0.15, 0.2) is 0 Å². The third-order valence-electron chi connectivity index (χ3n) is 6.07. The van der Waals surface area contributed by atoms with Crippen LogP contribution >= 0.6 is 0 Å². The van der Waals surface area contributed by atoms with E-state index >= 15 is 0 Å². The molecule has 0 aliphatic carbocycles. The van der Waals surface area contributed by atoms with Crippen LogP contribution in [0.2, 0.25) is 0 Å². The van der Waals surface area contributed by atoms with Gasteiger partial charge in [-0.2, -0.15) is 4.98 Å². The van der Waals surface area contributed by atoms with Gasteiger partial charge in [-0.3, -0.25) is 4.79 Å². The second-order valence-electron chi connectivity index (χ2n) is 8.68. The molecule has 37 heavy (non-hydrogen) atoms. The third kappa shape index (κ3) is 6.53. The summed E-state index contributed by atoms with van der Waals surface area (Å²) in [5, 5.41) is 3.10. The van der Waals surface area contributed by atoms with Crippen molar-refractivity contribution < 1.29 is 19.1 Å². The topological polar surface area (TPSA) is 123 Å². The van der Waals surface area contributed by atoms with Crippen LogP contribution in [-0.2, 0) is 16.1 Å². The first kappa shape index (κ1) is 25.9. The molecule has 0 saturated carbocycles. The summed E-state index contributed by atoms with van der Waals surface area (Å²) in [6.07, 6.45) is 0.961. The molecule has 0 fully saturated rings. The van der Waals surface area contributed by atoms with E-state index in [-0.39, 0.29) is 18.6 Å². The highest BCUT2D eigenvalue weighted by Gasteiger charge is 2.28. The second kappa shape index (κ2) is 12.2. The highest BCUT2D eigenvalue weighted by molar-refractivity contribution is 6.09. The number of nitrogens with zero attached hydrogens (tertiary/aromatic N) is 4. The van der Waals surface area contributed by atoms with Gasteiger partial charge in [0.2, 0.25) is 5.95 Å². The molecule has 10 heteroatoms. The maximum Gasteiger partial charge on any atom is 0.404 e. The Labute approximate surface area is 216 Å². The number of fused-ring (bicyclic) bond motifs is 1. The maximum absolute atomic E-state index is 13.5. The Morgan fingerprint density at radius 2 is 1.97 bits per heavy atom. The standard InChI is InChI=1S/C27H32N6O4/c1-3-29-27-30-17-22-24(31-27)32(2)13-14-33(25(22)34)21-11-7-8-19(16-21)18-37-23(12-15-36-26(28)35)20-9-5-4-6-10-20/h4-11,16-17,23H,3,12-15,18H2,1-2H3,(H2,28,35)(H,29,30,31). The third-order valence-corrected chi connectivity index (χ3v) is 6.07. The van der Waals surface area contributed by atoms with Crippen LogP contribution in [0.5, 0.6) is 0 Å². The highest BCUT2D eigenvalue weighted by Crippen LogP contribution is 2.28. The molecule has 10 nitrogen and oxygen atoms in total. The van der Waals surface area contributed by atoms with Crippen molar-refractivity contribution in [2.45, 2.75) is 26.1 Å². The van der Waals surface area contributed by atoms with Crippen molar-refractivity contribution in [1.29, 1.82) is 0 Å². The van der Waals surface area contributed by atoms with E-state index in [2.05, 4.69) is 15.3 Å². The summed E-state index contributed by atoms with van der Waals surface area (Å²) >= 11 is 0. The fraction of sp³-hybridized carbons (Fsp3) is 0.333. The number of hydrogen-bond donors (Lipinski definition) is 2. The number of carbonyl (C=O) groups excluding carboxylic acids is 2. The largest absolute Gasteiger partial charge is 0.450 e. The number of anilines is 3. The van der Waals surface area contributed by atoms with Gasteiger partial charge in [-0.05, 0) is 30.2 Å². The number of hydrogen-bond acceptors (Lipinski definition) is 8. The number of aromatic nitrogens is 2. The Kier molecular flexibility index (Phi) is 8.52. The molecule has 2 heterocycles. The first-order valence-electron chi connectivity index (χ1n) is 12.3. The van der Waals surface area contributed by atoms with Crippen LogP contribution in [0.25, 0.3) is 0 Å². The Hall–Kier alpha value is -4.18. The zero-order valence-corrected chi connectivity index (χ0v) is 21.1. The van der Waals surface area contributed by atoms with Crippen molar-refractivity contribution in [1.82, 2.24) is 9.97 Å². The van der Waals surface area contributed by atoms with Gasteiger partial charge in [-0.15, -0.1) is 0 Å². The number of nitrogens with two attached hydrogens (primary N) is 1. The predicted molar refractivity (Wildman–Crippen MR) is 142 cm³/mol. The number of primary amides is 1.